The molecule has 0 aromatic heterocycles. The molecule has 0 amide bonds. The molecule has 1 saturated heterocycles. The number of hydrogen-bond acceptors (Lipinski definition) is 7. The minimum absolute atomic E-state index is 0.0307. The van der Waals surface area contributed by atoms with Crippen LogP contribution in [0.3, 0.4) is 0 Å². The first-order valence-electron chi connectivity index (χ1n) is 10.7. The summed E-state index contributed by atoms with van der Waals surface area (Å²) < 4.78 is 70.9. The van der Waals surface area contributed by atoms with Crippen molar-refractivity contribution in [2.24, 2.45) is 0 Å². The van der Waals surface area contributed by atoms with E-state index in [4.69, 9.17) is 14.2 Å². The van der Waals surface area contributed by atoms with Crippen molar-refractivity contribution in [1.82, 2.24) is 8.61 Å². The van der Waals surface area contributed by atoms with Gasteiger partial charge in [0.05, 0.1) is 36.7 Å². The Hall–Kier alpha value is -2.18. The Morgan fingerprint density at radius 3 is 2.15 bits per heavy atom. The molecule has 11 heteroatoms. The van der Waals surface area contributed by atoms with Crippen LogP contribution in [0.4, 0.5) is 0 Å². The van der Waals surface area contributed by atoms with Gasteiger partial charge in [0.15, 0.2) is 11.5 Å². The number of morpholine rings is 1. The third kappa shape index (κ3) is 5.67. The monoisotopic (exact) mass is 498 g/mol. The maximum atomic E-state index is 13.2. The molecule has 1 aliphatic rings. The largest absolute Gasteiger partial charge is 0.493 e. The Labute approximate surface area is 196 Å². The lowest BCUT2D eigenvalue weighted by Gasteiger charge is -2.26. The Kier molecular flexibility index (Phi) is 8.35. The van der Waals surface area contributed by atoms with Gasteiger partial charge in [-0.15, -0.1) is 0 Å². The molecule has 0 radical (unpaired) electrons. The zero-order valence-corrected chi connectivity index (χ0v) is 20.7. The fourth-order valence-electron chi connectivity index (χ4n) is 3.52. The highest BCUT2D eigenvalue weighted by atomic mass is 32.2. The van der Waals surface area contributed by atoms with Gasteiger partial charge >= 0.3 is 0 Å². The average molecular weight is 499 g/mol. The minimum atomic E-state index is -3.84. The Bertz CT molecular complexity index is 1140. The molecule has 1 heterocycles. The van der Waals surface area contributed by atoms with Gasteiger partial charge in [0, 0.05) is 26.2 Å². The van der Waals surface area contributed by atoms with Gasteiger partial charge in [-0.05, 0) is 48.9 Å². The predicted molar refractivity (Wildman–Crippen MR) is 123 cm³/mol. The van der Waals surface area contributed by atoms with Crippen LogP contribution in [-0.4, -0.2) is 72.0 Å². The molecule has 9 nitrogen and oxygen atoms in total. The van der Waals surface area contributed by atoms with E-state index in [0.29, 0.717) is 31.3 Å². The summed E-state index contributed by atoms with van der Waals surface area (Å²) in [5.41, 5.74) is 0.743. The van der Waals surface area contributed by atoms with Gasteiger partial charge in [-0.25, -0.2) is 16.8 Å². The van der Waals surface area contributed by atoms with E-state index in [0.717, 1.165) is 5.56 Å². The number of benzene rings is 2. The number of ether oxygens (including phenoxy) is 3. The van der Waals surface area contributed by atoms with Crippen LogP contribution in [-0.2, 0) is 31.3 Å². The summed E-state index contributed by atoms with van der Waals surface area (Å²) in [5, 5.41) is 0. The molecule has 0 unspecified atom stereocenters. The van der Waals surface area contributed by atoms with Crippen molar-refractivity contribution in [3.63, 3.8) is 0 Å². The molecule has 0 spiro atoms. The zero-order chi connectivity index (χ0) is 24.1. The number of hydrogen-bond donors (Lipinski definition) is 0. The standard InChI is InChI=1S/C22H30N2O7S2/c1-4-23(17-18-6-11-21(31-5-2)22(16-18)29-3)32(25,26)19-7-9-20(10-8-19)33(27,28)24-12-14-30-15-13-24/h6-11,16H,4-5,12-15,17H2,1-3H3. The summed E-state index contributed by atoms with van der Waals surface area (Å²) in [7, 11) is -6.01. The van der Waals surface area contributed by atoms with Gasteiger partial charge in [0.2, 0.25) is 20.0 Å². The average Bonchev–Trinajstić information content (AvgIpc) is 2.84. The molecular weight excluding hydrogens is 468 g/mol. The smallest absolute Gasteiger partial charge is 0.243 e. The van der Waals surface area contributed by atoms with Crippen LogP contribution in [0, 0.1) is 0 Å². The van der Waals surface area contributed by atoms with E-state index in [2.05, 4.69) is 0 Å². The summed E-state index contributed by atoms with van der Waals surface area (Å²) in [5.74, 6) is 1.12. The van der Waals surface area contributed by atoms with Crippen molar-refractivity contribution in [2.45, 2.75) is 30.2 Å². The first-order valence-corrected chi connectivity index (χ1v) is 13.6. The fraction of sp³-hybridized carbons (Fsp3) is 0.455. The van der Waals surface area contributed by atoms with Crippen LogP contribution in [0.25, 0.3) is 0 Å². The Morgan fingerprint density at radius 1 is 0.939 bits per heavy atom. The normalized spacial score (nSPS) is 15.5. The molecule has 0 atom stereocenters. The first-order chi connectivity index (χ1) is 15.7. The van der Waals surface area contributed by atoms with Crippen LogP contribution in [0.5, 0.6) is 11.5 Å². The Balaban J connectivity index is 1.81. The number of nitrogens with zero attached hydrogens (tertiary/aromatic N) is 2. The highest BCUT2D eigenvalue weighted by Crippen LogP contribution is 2.29. The number of sulfonamides is 2. The maximum absolute atomic E-state index is 13.2. The van der Waals surface area contributed by atoms with Crippen LogP contribution >= 0.6 is 0 Å². The molecule has 0 bridgehead atoms. The van der Waals surface area contributed by atoms with Gasteiger partial charge in [-0.2, -0.15) is 8.61 Å². The van der Waals surface area contributed by atoms with Gasteiger partial charge in [-0.3, -0.25) is 0 Å². The summed E-state index contributed by atoms with van der Waals surface area (Å²) in [6.07, 6.45) is 0. The van der Waals surface area contributed by atoms with E-state index >= 15 is 0 Å². The molecule has 33 heavy (non-hydrogen) atoms. The second-order valence-electron chi connectivity index (χ2n) is 7.34. The molecule has 0 aliphatic carbocycles. The summed E-state index contributed by atoms with van der Waals surface area (Å²) in [6.45, 7) is 5.72. The van der Waals surface area contributed by atoms with E-state index in [1.807, 2.05) is 6.92 Å². The van der Waals surface area contributed by atoms with Crippen LogP contribution in [0.15, 0.2) is 52.3 Å². The van der Waals surface area contributed by atoms with Crippen LogP contribution < -0.4 is 9.47 Å². The van der Waals surface area contributed by atoms with Crippen molar-refractivity contribution in [1.29, 1.82) is 0 Å². The van der Waals surface area contributed by atoms with Crippen LogP contribution in [0.1, 0.15) is 19.4 Å². The van der Waals surface area contributed by atoms with E-state index in [-0.39, 0.29) is 36.0 Å². The van der Waals surface area contributed by atoms with E-state index in [1.54, 1.807) is 25.1 Å². The molecule has 0 saturated carbocycles. The Morgan fingerprint density at radius 2 is 1.58 bits per heavy atom. The van der Waals surface area contributed by atoms with Gasteiger partial charge in [0.1, 0.15) is 0 Å². The molecule has 1 aliphatic heterocycles. The van der Waals surface area contributed by atoms with Crippen molar-refractivity contribution >= 4 is 20.0 Å². The van der Waals surface area contributed by atoms with E-state index in [9.17, 15) is 16.8 Å². The fourth-order valence-corrected chi connectivity index (χ4v) is 6.37. The molecule has 2 aromatic carbocycles. The lowest BCUT2D eigenvalue weighted by Crippen LogP contribution is -2.40. The zero-order valence-electron chi connectivity index (χ0n) is 19.1. The number of rotatable bonds is 10. The molecule has 182 valence electrons. The molecule has 3 rings (SSSR count). The maximum Gasteiger partial charge on any atom is 0.243 e. The quantitative estimate of drug-likeness (QED) is 0.495. The summed E-state index contributed by atoms with van der Waals surface area (Å²) >= 11 is 0. The third-order valence-electron chi connectivity index (χ3n) is 5.31. The number of methoxy groups -OCH3 is 1. The van der Waals surface area contributed by atoms with Gasteiger partial charge in [-0.1, -0.05) is 13.0 Å². The molecule has 1 fully saturated rings. The minimum Gasteiger partial charge on any atom is -0.493 e. The van der Waals surface area contributed by atoms with Crippen molar-refractivity contribution in [3.8, 4) is 11.5 Å². The van der Waals surface area contributed by atoms with Crippen LogP contribution in [0.2, 0.25) is 0 Å². The lowest BCUT2D eigenvalue weighted by atomic mass is 10.2. The highest BCUT2D eigenvalue weighted by Gasteiger charge is 2.28. The highest BCUT2D eigenvalue weighted by molar-refractivity contribution is 7.89. The lowest BCUT2D eigenvalue weighted by molar-refractivity contribution is 0.0730. The molecule has 2 aromatic rings. The summed E-state index contributed by atoms with van der Waals surface area (Å²) in [6, 6.07) is 10.7. The topological polar surface area (TPSA) is 102 Å². The summed E-state index contributed by atoms with van der Waals surface area (Å²) in [4.78, 5) is 0.0887. The SMILES string of the molecule is CCOc1ccc(CN(CC)S(=O)(=O)c2ccc(S(=O)(=O)N3CCOCC3)cc2)cc1OC. The van der Waals surface area contributed by atoms with E-state index < -0.39 is 20.0 Å². The van der Waals surface area contributed by atoms with Gasteiger partial charge < -0.3 is 14.2 Å². The van der Waals surface area contributed by atoms with Crippen molar-refractivity contribution in [3.05, 3.63) is 48.0 Å². The second-order valence-corrected chi connectivity index (χ2v) is 11.2. The first kappa shape index (κ1) is 25.4. The second kappa shape index (κ2) is 10.8. The van der Waals surface area contributed by atoms with Crippen molar-refractivity contribution in [2.75, 3.05) is 46.6 Å². The molecule has 0 N–H and O–H groups in total. The van der Waals surface area contributed by atoms with E-state index in [1.165, 1.54) is 40.0 Å². The predicted octanol–water partition coefficient (Wildman–Crippen LogP) is 2.33. The molecular formula is C22H30N2O7S2. The van der Waals surface area contributed by atoms with Crippen molar-refractivity contribution < 1.29 is 31.0 Å². The third-order valence-corrected chi connectivity index (χ3v) is 9.16. The van der Waals surface area contributed by atoms with Gasteiger partial charge in [0.25, 0.3) is 0 Å².